The van der Waals surface area contributed by atoms with E-state index in [1.165, 1.54) is 11.0 Å². The molecule has 1 aliphatic rings. The van der Waals surface area contributed by atoms with Gasteiger partial charge in [0.1, 0.15) is 5.75 Å². The molecule has 0 aliphatic carbocycles. The monoisotopic (exact) mass is 299 g/mol. The van der Waals surface area contributed by atoms with Gasteiger partial charge in [-0.25, -0.2) is 4.57 Å². The number of rotatable bonds is 3. The van der Waals surface area contributed by atoms with Crippen LogP contribution in [0, 0.1) is 0 Å². The third-order valence-electron chi connectivity index (χ3n) is 3.54. The Kier molecular flexibility index (Phi) is 2.55. The highest BCUT2D eigenvalue weighted by Gasteiger charge is 2.26. The van der Waals surface area contributed by atoms with Crippen LogP contribution in [0.4, 0.5) is 0 Å². The second kappa shape index (κ2) is 4.90. The molecule has 1 aliphatic heterocycles. The van der Waals surface area contributed by atoms with Crippen LogP contribution in [0.2, 0.25) is 0 Å². The summed E-state index contributed by atoms with van der Waals surface area (Å²) in [6.07, 6.45) is 2.42. The van der Waals surface area contributed by atoms with Crippen molar-refractivity contribution in [3.05, 3.63) is 30.0 Å². The van der Waals surface area contributed by atoms with Gasteiger partial charge in [0.2, 0.25) is 0 Å². The number of H-pyrrole nitrogens is 1. The Morgan fingerprint density at radius 3 is 3.10 bits per heavy atom. The van der Waals surface area contributed by atoms with Crippen LogP contribution in [0.1, 0.15) is 22.0 Å². The molecule has 3 rings (SSSR count). The van der Waals surface area contributed by atoms with E-state index in [4.69, 9.17) is 18.4 Å². The minimum Gasteiger partial charge on any atom is -0.404 e. The summed E-state index contributed by atoms with van der Waals surface area (Å²) in [5.74, 6) is 0.0603. The van der Waals surface area contributed by atoms with Gasteiger partial charge in [-0.3, -0.25) is 9.79 Å². The fraction of sp³-hybridized carbons (Fsp3) is 0.385. The molecule has 108 valence electrons. The molecule has 0 saturated carbocycles. The topological polar surface area (TPSA) is 85.8 Å². The quantitative estimate of drug-likeness (QED) is 0.755. The molecule has 3 N–H and O–H groups in total. The van der Waals surface area contributed by atoms with Gasteiger partial charge < -0.3 is 14.4 Å². The van der Waals surface area contributed by atoms with Gasteiger partial charge in [0, 0.05) is 33.7 Å². The van der Waals surface area contributed by atoms with E-state index in [2.05, 4.69) is 4.98 Å². The first kappa shape index (κ1) is 10.4. The third kappa shape index (κ3) is 2.60. The summed E-state index contributed by atoms with van der Waals surface area (Å²) < 4.78 is 38.4. The van der Waals surface area contributed by atoms with Crippen molar-refractivity contribution in [3.63, 3.8) is 0 Å². The average Bonchev–Trinajstić information content (AvgIpc) is 3.02. The molecular formula is C13H17N2O4P. The van der Waals surface area contributed by atoms with Gasteiger partial charge in [-0.05, 0) is 37.6 Å². The highest BCUT2D eigenvalue weighted by atomic mass is 31.2. The predicted octanol–water partition coefficient (Wildman–Crippen LogP) is 2.06. The lowest BCUT2D eigenvalue weighted by molar-refractivity contribution is 0.284. The van der Waals surface area contributed by atoms with E-state index >= 15 is 0 Å². The molecule has 1 saturated heterocycles. The lowest BCUT2D eigenvalue weighted by Gasteiger charge is -2.13. The van der Waals surface area contributed by atoms with Crippen LogP contribution >= 0.6 is 7.82 Å². The minimum atomic E-state index is -4.67. The molecular weight excluding hydrogens is 279 g/mol. The van der Waals surface area contributed by atoms with Gasteiger partial charge >= 0.3 is 7.82 Å². The van der Waals surface area contributed by atoms with Gasteiger partial charge in [0.15, 0.2) is 0 Å². The van der Waals surface area contributed by atoms with Crippen molar-refractivity contribution in [2.45, 2.75) is 12.3 Å². The molecule has 0 amide bonds. The van der Waals surface area contributed by atoms with Gasteiger partial charge in [0.25, 0.3) is 0 Å². The Morgan fingerprint density at radius 2 is 2.40 bits per heavy atom. The molecule has 2 aromatic rings. The number of nitrogens with one attached hydrogen (secondary N) is 1. The maximum Gasteiger partial charge on any atom is 0.524 e. The number of likely N-dealkylation sites (N-methyl/N-ethyl adjacent to an activating group) is 1. The Hall–Kier alpha value is -1.33. The summed E-state index contributed by atoms with van der Waals surface area (Å²) >= 11 is 0. The average molecular weight is 299 g/mol. The number of phosphoric acid groups is 1. The van der Waals surface area contributed by atoms with Crippen molar-refractivity contribution in [2.75, 3.05) is 20.1 Å². The van der Waals surface area contributed by atoms with Crippen LogP contribution in [0.15, 0.2) is 24.4 Å². The van der Waals surface area contributed by atoms with Gasteiger partial charge in [-0.1, -0.05) is 6.07 Å². The van der Waals surface area contributed by atoms with Gasteiger partial charge in [0.05, 0.1) is 0 Å². The van der Waals surface area contributed by atoms with Crippen molar-refractivity contribution < 1.29 is 23.0 Å². The lowest BCUT2D eigenvalue weighted by Crippen LogP contribution is -2.13. The second-order valence-electron chi connectivity index (χ2n) is 4.94. The normalized spacial score (nSPS) is 23.5. The maximum absolute atomic E-state index is 11.2. The molecule has 7 heteroatoms. The van der Waals surface area contributed by atoms with Crippen LogP contribution in [-0.4, -0.2) is 39.7 Å². The molecule has 1 fully saturated rings. The van der Waals surface area contributed by atoms with E-state index in [0.717, 1.165) is 5.56 Å². The molecule has 0 spiro atoms. The summed E-state index contributed by atoms with van der Waals surface area (Å²) in [6, 6.07) is 4.91. The van der Waals surface area contributed by atoms with Crippen molar-refractivity contribution in [3.8, 4) is 5.75 Å². The van der Waals surface area contributed by atoms with Crippen LogP contribution in [-0.2, 0) is 4.57 Å². The Bertz CT molecular complexity index is 770. The highest BCUT2D eigenvalue weighted by Crippen LogP contribution is 2.43. The Balaban J connectivity index is 1.98. The van der Waals surface area contributed by atoms with E-state index in [9.17, 15) is 4.57 Å². The van der Waals surface area contributed by atoms with Gasteiger partial charge in [-0.2, -0.15) is 0 Å². The van der Waals surface area contributed by atoms with E-state index in [-0.39, 0.29) is 11.7 Å². The first-order chi connectivity index (χ1) is 10.6. The van der Waals surface area contributed by atoms with Crippen LogP contribution in [0.5, 0.6) is 5.75 Å². The summed E-state index contributed by atoms with van der Waals surface area (Å²) in [5.41, 5.74) is 1.51. The second-order valence-corrected chi connectivity index (χ2v) is 6.10. The van der Waals surface area contributed by atoms with Crippen molar-refractivity contribution in [1.29, 1.82) is 0 Å². The van der Waals surface area contributed by atoms with Crippen molar-refractivity contribution in [1.82, 2.24) is 9.88 Å². The summed E-state index contributed by atoms with van der Waals surface area (Å²) in [7, 11) is -4.67. The largest absolute Gasteiger partial charge is 0.524 e. The van der Waals surface area contributed by atoms with E-state index in [1.807, 2.05) is 0 Å². The van der Waals surface area contributed by atoms with E-state index < -0.39 is 14.8 Å². The zero-order valence-corrected chi connectivity index (χ0v) is 11.5. The predicted molar refractivity (Wildman–Crippen MR) is 75.8 cm³/mol. The number of hydrogen-bond acceptors (Lipinski definition) is 3. The number of aromatic amines is 1. The number of phosphoric ester groups is 1. The maximum atomic E-state index is 11.2. The number of hydrogen-bond donors (Lipinski definition) is 3. The molecule has 1 atom stereocenters. The molecule has 20 heavy (non-hydrogen) atoms. The van der Waals surface area contributed by atoms with E-state index in [0.29, 0.717) is 30.4 Å². The number of nitrogens with zero attached hydrogens (tertiary/aromatic N) is 1. The molecule has 1 aromatic carbocycles. The fourth-order valence-electron chi connectivity index (χ4n) is 2.72. The Morgan fingerprint density at radius 1 is 1.55 bits per heavy atom. The molecule has 6 nitrogen and oxygen atoms in total. The van der Waals surface area contributed by atoms with Crippen LogP contribution in [0.25, 0.3) is 10.9 Å². The number of benzene rings is 1. The van der Waals surface area contributed by atoms with Crippen molar-refractivity contribution >= 4 is 18.7 Å². The number of fused-ring (bicyclic) bond motifs is 1. The molecule has 0 radical (unpaired) electrons. The molecule has 2 heterocycles. The third-order valence-corrected chi connectivity index (χ3v) is 3.98. The van der Waals surface area contributed by atoms with Crippen molar-refractivity contribution in [2.24, 2.45) is 0 Å². The zero-order chi connectivity index (χ0) is 16.8. The fourth-order valence-corrected chi connectivity index (χ4v) is 3.13. The minimum absolute atomic E-state index is 0.0364. The molecule has 1 aromatic heterocycles. The summed E-state index contributed by atoms with van der Waals surface area (Å²) in [4.78, 5) is 22.6. The summed E-state index contributed by atoms with van der Waals surface area (Å²) in [5, 5.41) is 0.591. The first-order valence-electron chi connectivity index (χ1n) is 7.75. The smallest absolute Gasteiger partial charge is 0.404 e. The highest BCUT2D eigenvalue weighted by molar-refractivity contribution is 7.46. The first-order valence-corrected chi connectivity index (χ1v) is 7.78. The molecule has 0 bridgehead atoms. The van der Waals surface area contributed by atoms with Crippen LogP contribution in [0.3, 0.4) is 0 Å². The lowest BCUT2D eigenvalue weighted by atomic mass is 9.97. The number of aromatic nitrogens is 1. The standard InChI is InChI=1S/C13H17N2O4P/c1-15-6-5-9(8-15)10-7-14-11-3-2-4-12(13(10)11)19-20(16,17)18/h2-4,7,9,14H,5-6,8H2,1H3,(H2,16,17,18)/t9-/m1/s1/i1D3. The summed E-state index contributed by atoms with van der Waals surface area (Å²) in [6.45, 7) is -1.31. The zero-order valence-electron chi connectivity index (χ0n) is 13.6. The van der Waals surface area contributed by atoms with Crippen LogP contribution < -0.4 is 4.52 Å². The molecule has 0 unspecified atom stereocenters. The SMILES string of the molecule is [2H]C([2H])([2H])N1CC[C@@H](c2c[nH]c3cccc(OP(=O)(O)O)c23)C1. The van der Waals surface area contributed by atoms with Gasteiger partial charge in [-0.15, -0.1) is 0 Å². The van der Waals surface area contributed by atoms with E-state index in [1.54, 1.807) is 18.3 Å². The Labute approximate surface area is 120 Å². The number of likely N-dealkylation sites (tertiary alicyclic amines) is 1.